The highest BCUT2D eigenvalue weighted by molar-refractivity contribution is 5.76. The number of aliphatic hydroxyl groups is 1. The van der Waals surface area contributed by atoms with Crippen LogP contribution in [0.2, 0.25) is 0 Å². The minimum Gasteiger partial charge on any atom is -0.392 e. The van der Waals surface area contributed by atoms with Crippen LogP contribution in [-0.4, -0.2) is 22.5 Å². The van der Waals surface area contributed by atoms with Crippen LogP contribution in [-0.2, 0) is 24.2 Å². The van der Waals surface area contributed by atoms with E-state index in [0.29, 0.717) is 25.8 Å². The quantitative estimate of drug-likeness (QED) is 0.575. The Bertz CT molecular complexity index is 698. The molecule has 0 saturated heterocycles. The van der Waals surface area contributed by atoms with E-state index in [2.05, 4.69) is 5.32 Å². The summed E-state index contributed by atoms with van der Waals surface area (Å²) in [5, 5.41) is 22.5. The third kappa shape index (κ3) is 5.48. The molecule has 0 heterocycles. The Morgan fingerprint density at radius 3 is 2.42 bits per heavy atom. The van der Waals surface area contributed by atoms with Crippen molar-refractivity contribution in [3.8, 4) is 0 Å². The summed E-state index contributed by atoms with van der Waals surface area (Å²) in [5.74, 6) is -0.0755. The molecule has 0 atom stereocenters. The number of carbonyl (C=O) groups excluding carboxylic acids is 1. The molecule has 0 spiro atoms. The molecule has 0 bridgehead atoms. The number of benzene rings is 2. The molecule has 1 amide bonds. The SMILES string of the molecule is O=C(CCc1cccc([N+](=O)[O-])c1)NCCc1ccc(CO)cc1. The lowest BCUT2D eigenvalue weighted by Crippen LogP contribution is -2.25. The number of nitrogens with one attached hydrogen (secondary N) is 1. The van der Waals surface area contributed by atoms with E-state index in [1.807, 2.05) is 24.3 Å². The Hall–Kier alpha value is -2.73. The normalized spacial score (nSPS) is 10.4. The first-order chi connectivity index (χ1) is 11.6. The second-order valence-electron chi connectivity index (χ2n) is 5.50. The summed E-state index contributed by atoms with van der Waals surface area (Å²) < 4.78 is 0. The van der Waals surface area contributed by atoms with Crippen LogP contribution in [0.25, 0.3) is 0 Å². The maximum Gasteiger partial charge on any atom is 0.269 e. The molecule has 0 aliphatic heterocycles. The third-order valence-corrected chi connectivity index (χ3v) is 3.70. The highest BCUT2D eigenvalue weighted by Gasteiger charge is 2.07. The van der Waals surface area contributed by atoms with Gasteiger partial charge in [0.15, 0.2) is 0 Å². The van der Waals surface area contributed by atoms with Gasteiger partial charge in [-0.15, -0.1) is 0 Å². The van der Waals surface area contributed by atoms with Crippen molar-refractivity contribution in [3.05, 3.63) is 75.3 Å². The van der Waals surface area contributed by atoms with Crippen LogP contribution in [0.15, 0.2) is 48.5 Å². The van der Waals surface area contributed by atoms with Gasteiger partial charge in [-0.3, -0.25) is 14.9 Å². The smallest absolute Gasteiger partial charge is 0.269 e. The first kappa shape index (κ1) is 17.6. The average Bonchev–Trinajstić information content (AvgIpc) is 2.61. The van der Waals surface area contributed by atoms with Gasteiger partial charge < -0.3 is 10.4 Å². The maximum atomic E-state index is 11.8. The van der Waals surface area contributed by atoms with E-state index in [1.165, 1.54) is 12.1 Å². The second-order valence-corrected chi connectivity index (χ2v) is 5.50. The predicted molar refractivity (Wildman–Crippen MR) is 90.5 cm³/mol. The Morgan fingerprint density at radius 2 is 1.75 bits per heavy atom. The molecular formula is C18H20N2O4. The second kappa shape index (κ2) is 8.79. The maximum absolute atomic E-state index is 11.8. The molecule has 0 aliphatic carbocycles. The molecule has 126 valence electrons. The number of non-ortho nitro benzene ring substituents is 1. The number of nitrogens with zero attached hydrogens (tertiary/aromatic N) is 1. The lowest BCUT2D eigenvalue weighted by Gasteiger charge is -2.06. The number of hydrogen-bond donors (Lipinski definition) is 2. The predicted octanol–water partition coefficient (Wildman–Crippen LogP) is 2.38. The van der Waals surface area contributed by atoms with Gasteiger partial charge in [-0.05, 0) is 29.5 Å². The molecule has 2 N–H and O–H groups in total. The van der Waals surface area contributed by atoms with Crippen molar-refractivity contribution in [1.29, 1.82) is 0 Å². The Morgan fingerprint density at radius 1 is 1.04 bits per heavy atom. The van der Waals surface area contributed by atoms with Gasteiger partial charge in [-0.25, -0.2) is 0 Å². The molecular weight excluding hydrogens is 308 g/mol. The largest absolute Gasteiger partial charge is 0.392 e. The van der Waals surface area contributed by atoms with Gasteiger partial charge in [-0.1, -0.05) is 36.4 Å². The van der Waals surface area contributed by atoms with Gasteiger partial charge in [-0.2, -0.15) is 0 Å². The summed E-state index contributed by atoms with van der Waals surface area (Å²) in [6, 6.07) is 13.9. The molecule has 0 unspecified atom stereocenters. The van der Waals surface area contributed by atoms with Gasteiger partial charge in [0.05, 0.1) is 11.5 Å². The Balaban J connectivity index is 1.73. The lowest BCUT2D eigenvalue weighted by atomic mass is 10.1. The summed E-state index contributed by atoms with van der Waals surface area (Å²) in [4.78, 5) is 22.1. The van der Waals surface area contributed by atoms with Gasteiger partial charge >= 0.3 is 0 Å². The monoisotopic (exact) mass is 328 g/mol. The zero-order valence-corrected chi connectivity index (χ0v) is 13.3. The lowest BCUT2D eigenvalue weighted by molar-refractivity contribution is -0.384. The fraction of sp³-hybridized carbons (Fsp3) is 0.278. The number of nitro groups is 1. The van der Waals surface area contributed by atoms with Gasteiger partial charge in [0.2, 0.25) is 5.91 Å². The fourth-order valence-corrected chi connectivity index (χ4v) is 2.33. The van der Waals surface area contributed by atoms with Crippen LogP contribution in [0.4, 0.5) is 5.69 Å². The summed E-state index contributed by atoms with van der Waals surface area (Å²) in [6.07, 6.45) is 1.48. The number of amides is 1. The van der Waals surface area contributed by atoms with Gasteiger partial charge in [0.25, 0.3) is 5.69 Å². The van der Waals surface area contributed by atoms with Crippen LogP contribution < -0.4 is 5.32 Å². The van der Waals surface area contributed by atoms with Crippen LogP contribution in [0.3, 0.4) is 0 Å². The molecule has 2 rings (SSSR count). The molecule has 2 aromatic carbocycles. The number of rotatable bonds is 8. The first-order valence-electron chi connectivity index (χ1n) is 7.77. The van der Waals surface area contributed by atoms with E-state index in [1.54, 1.807) is 12.1 Å². The van der Waals surface area contributed by atoms with Crippen molar-refractivity contribution in [1.82, 2.24) is 5.32 Å². The summed E-state index contributed by atoms with van der Waals surface area (Å²) >= 11 is 0. The van der Waals surface area contributed by atoms with Crippen LogP contribution in [0, 0.1) is 10.1 Å². The topological polar surface area (TPSA) is 92.5 Å². The van der Waals surface area contributed by atoms with Crippen molar-refractivity contribution >= 4 is 11.6 Å². The number of nitro benzene ring substituents is 1. The molecule has 6 nitrogen and oxygen atoms in total. The summed E-state index contributed by atoms with van der Waals surface area (Å²) in [6.45, 7) is 0.556. The molecule has 0 fully saturated rings. The Labute approximate surface area is 140 Å². The standard InChI is InChI=1S/C18H20N2O4/c21-13-16-6-4-14(5-7-16)10-11-19-18(22)9-8-15-2-1-3-17(12-15)20(23)24/h1-7,12,21H,8-11,13H2,(H,19,22). The van der Waals surface area contributed by atoms with E-state index >= 15 is 0 Å². The van der Waals surface area contributed by atoms with E-state index in [9.17, 15) is 14.9 Å². The van der Waals surface area contributed by atoms with E-state index in [4.69, 9.17) is 5.11 Å². The highest BCUT2D eigenvalue weighted by Crippen LogP contribution is 2.14. The number of carbonyl (C=O) groups is 1. The van der Waals surface area contributed by atoms with Gasteiger partial charge in [0, 0.05) is 25.1 Å². The summed E-state index contributed by atoms with van der Waals surface area (Å²) in [5.41, 5.74) is 2.77. The molecule has 0 saturated carbocycles. The molecule has 0 radical (unpaired) electrons. The molecule has 6 heteroatoms. The van der Waals surface area contributed by atoms with E-state index in [0.717, 1.165) is 16.7 Å². The number of aryl methyl sites for hydroxylation is 1. The minimum absolute atomic E-state index is 0.0225. The third-order valence-electron chi connectivity index (χ3n) is 3.70. The Kier molecular flexibility index (Phi) is 6.45. The fourth-order valence-electron chi connectivity index (χ4n) is 2.33. The number of aliphatic hydroxyl groups excluding tert-OH is 1. The molecule has 2 aromatic rings. The summed E-state index contributed by atoms with van der Waals surface area (Å²) in [7, 11) is 0. The van der Waals surface area contributed by atoms with Crippen molar-refractivity contribution in [2.75, 3.05) is 6.54 Å². The first-order valence-corrected chi connectivity index (χ1v) is 7.77. The van der Waals surface area contributed by atoms with Crippen molar-refractivity contribution in [2.45, 2.75) is 25.9 Å². The van der Waals surface area contributed by atoms with E-state index in [-0.39, 0.29) is 18.2 Å². The van der Waals surface area contributed by atoms with Crippen LogP contribution >= 0.6 is 0 Å². The minimum atomic E-state index is -0.439. The van der Waals surface area contributed by atoms with E-state index < -0.39 is 4.92 Å². The zero-order chi connectivity index (χ0) is 17.4. The van der Waals surface area contributed by atoms with Crippen molar-refractivity contribution in [2.24, 2.45) is 0 Å². The zero-order valence-electron chi connectivity index (χ0n) is 13.3. The molecule has 24 heavy (non-hydrogen) atoms. The average molecular weight is 328 g/mol. The van der Waals surface area contributed by atoms with Crippen LogP contribution in [0.5, 0.6) is 0 Å². The molecule has 0 aliphatic rings. The van der Waals surface area contributed by atoms with Gasteiger partial charge in [0.1, 0.15) is 0 Å². The van der Waals surface area contributed by atoms with Crippen molar-refractivity contribution in [3.63, 3.8) is 0 Å². The highest BCUT2D eigenvalue weighted by atomic mass is 16.6. The van der Waals surface area contributed by atoms with Crippen LogP contribution in [0.1, 0.15) is 23.1 Å². The number of hydrogen-bond acceptors (Lipinski definition) is 4. The molecule has 0 aromatic heterocycles. The van der Waals surface area contributed by atoms with Crippen molar-refractivity contribution < 1.29 is 14.8 Å².